The second-order valence-corrected chi connectivity index (χ2v) is 6.03. The molecule has 0 aliphatic carbocycles. The van der Waals surface area contributed by atoms with Crippen LogP contribution in [0.5, 0.6) is 11.5 Å². The SMILES string of the molecule is COc1cc(OC)cc(C(=O)OCC2CCN(CC(F)(F)F)CC2)c1. The van der Waals surface area contributed by atoms with Crippen LogP contribution < -0.4 is 9.47 Å². The largest absolute Gasteiger partial charge is 0.497 e. The Kier molecular flexibility index (Phi) is 6.52. The number of ether oxygens (including phenoxy) is 3. The first-order valence-electron chi connectivity index (χ1n) is 8.00. The number of likely N-dealkylation sites (tertiary alicyclic amines) is 1. The van der Waals surface area contributed by atoms with Gasteiger partial charge in [-0.05, 0) is 44.0 Å². The Morgan fingerprint density at radius 2 is 1.68 bits per heavy atom. The topological polar surface area (TPSA) is 48.0 Å². The fraction of sp³-hybridized carbons (Fsp3) is 0.588. The minimum atomic E-state index is -4.18. The van der Waals surface area contributed by atoms with Crippen molar-refractivity contribution in [2.24, 2.45) is 5.92 Å². The van der Waals surface area contributed by atoms with Crippen LogP contribution in [0, 0.1) is 5.92 Å². The summed E-state index contributed by atoms with van der Waals surface area (Å²) in [7, 11) is 2.97. The molecule has 1 aromatic carbocycles. The lowest BCUT2D eigenvalue weighted by atomic mass is 9.98. The first-order valence-corrected chi connectivity index (χ1v) is 8.00. The summed E-state index contributed by atoms with van der Waals surface area (Å²) in [6, 6.07) is 4.75. The smallest absolute Gasteiger partial charge is 0.401 e. The third-order valence-electron chi connectivity index (χ3n) is 4.15. The molecule has 1 aliphatic heterocycles. The van der Waals surface area contributed by atoms with Crippen LogP contribution in [0.2, 0.25) is 0 Å². The van der Waals surface area contributed by atoms with Crippen LogP contribution in [0.4, 0.5) is 13.2 Å². The van der Waals surface area contributed by atoms with Crippen molar-refractivity contribution in [1.29, 1.82) is 0 Å². The molecule has 8 heteroatoms. The van der Waals surface area contributed by atoms with Gasteiger partial charge in [0.05, 0.1) is 32.9 Å². The lowest BCUT2D eigenvalue weighted by Gasteiger charge is -2.32. The van der Waals surface area contributed by atoms with Crippen LogP contribution in [0.3, 0.4) is 0 Å². The highest BCUT2D eigenvalue weighted by Crippen LogP contribution is 2.25. The number of alkyl halides is 3. The van der Waals surface area contributed by atoms with Gasteiger partial charge < -0.3 is 14.2 Å². The van der Waals surface area contributed by atoms with E-state index >= 15 is 0 Å². The van der Waals surface area contributed by atoms with Crippen molar-refractivity contribution in [3.05, 3.63) is 23.8 Å². The van der Waals surface area contributed by atoms with E-state index in [1.54, 1.807) is 18.2 Å². The quantitative estimate of drug-likeness (QED) is 0.729. The Labute approximate surface area is 144 Å². The Bertz CT molecular complexity index is 561. The van der Waals surface area contributed by atoms with Crippen molar-refractivity contribution in [2.75, 3.05) is 40.5 Å². The minimum absolute atomic E-state index is 0.0703. The van der Waals surface area contributed by atoms with Gasteiger partial charge in [0.1, 0.15) is 11.5 Å². The summed E-state index contributed by atoms with van der Waals surface area (Å²) in [4.78, 5) is 13.6. The van der Waals surface area contributed by atoms with Crippen LogP contribution in [0.15, 0.2) is 18.2 Å². The molecule has 1 heterocycles. The molecule has 1 aliphatic rings. The molecule has 1 saturated heterocycles. The number of nitrogens with zero attached hydrogens (tertiary/aromatic N) is 1. The third-order valence-corrected chi connectivity index (χ3v) is 4.15. The van der Waals surface area contributed by atoms with Crippen molar-refractivity contribution >= 4 is 5.97 Å². The summed E-state index contributed by atoms with van der Waals surface area (Å²) in [5.41, 5.74) is 0.311. The maximum Gasteiger partial charge on any atom is 0.401 e. The van der Waals surface area contributed by atoms with E-state index in [0.717, 1.165) is 0 Å². The maximum atomic E-state index is 12.4. The zero-order valence-electron chi connectivity index (χ0n) is 14.3. The molecule has 0 unspecified atom stereocenters. The van der Waals surface area contributed by atoms with Gasteiger partial charge in [-0.15, -0.1) is 0 Å². The van der Waals surface area contributed by atoms with E-state index < -0.39 is 18.7 Å². The fourth-order valence-corrected chi connectivity index (χ4v) is 2.77. The molecular formula is C17H22F3NO4. The molecule has 2 rings (SSSR count). The van der Waals surface area contributed by atoms with Crippen molar-refractivity contribution in [2.45, 2.75) is 19.0 Å². The number of halogens is 3. The molecule has 0 spiro atoms. The Hall–Kier alpha value is -1.96. The molecule has 0 radical (unpaired) electrons. The number of rotatable bonds is 6. The van der Waals surface area contributed by atoms with E-state index in [0.29, 0.717) is 43.0 Å². The van der Waals surface area contributed by atoms with Crippen LogP contribution in [-0.4, -0.2) is 57.5 Å². The van der Waals surface area contributed by atoms with Gasteiger partial charge >= 0.3 is 12.1 Å². The lowest BCUT2D eigenvalue weighted by molar-refractivity contribution is -0.148. The summed E-state index contributed by atoms with van der Waals surface area (Å²) in [5.74, 6) is 0.523. The molecular weight excluding hydrogens is 339 g/mol. The lowest BCUT2D eigenvalue weighted by Crippen LogP contribution is -2.40. The van der Waals surface area contributed by atoms with Gasteiger partial charge in [0, 0.05) is 6.07 Å². The van der Waals surface area contributed by atoms with Crippen molar-refractivity contribution in [3.63, 3.8) is 0 Å². The summed E-state index contributed by atoms with van der Waals surface area (Å²) < 4.78 is 52.6. The van der Waals surface area contributed by atoms with Gasteiger partial charge in [0.2, 0.25) is 0 Å². The monoisotopic (exact) mass is 361 g/mol. The van der Waals surface area contributed by atoms with E-state index in [4.69, 9.17) is 14.2 Å². The summed E-state index contributed by atoms with van der Waals surface area (Å²) >= 11 is 0. The minimum Gasteiger partial charge on any atom is -0.497 e. The van der Waals surface area contributed by atoms with E-state index in [1.807, 2.05) is 0 Å². The second-order valence-electron chi connectivity index (χ2n) is 6.03. The molecule has 0 bridgehead atoms. The molecule has 140 valence electrons. The van der Waals surface area contributed by atoms with Crippen LogP contribution >= 0.6 is 0 Å². The normalized spacial score (nSPS) is 16.5. The fourth-order valence-electron chi connectivity index (χ4n) is 2.77. The summed E-state index contributed by atoms with van der Waals surface area (Å²) in [6.45, 7) is 0.0186. The first-order chi connectivity index (χ1) is 11.8. The standard InChI is InChI=1S/C17H22F3NO4/c1-23-14-7-13(8-15(9-14)24-2)16(22)25-10-12-3-5-21(6-4-12)11-17(18,19)20/h7-9,12H,3-6,10-11H2,1-2H3. The van der Waals surface area contributed by atoms with Crippen molar-refractivity contribution in [1.82, 2.24) is 4.90 Å². The maximum absolute atomic E-state index is 12.4. The molecule has 25 heavy (non-hydrogen) atoms. The Morgan fingerprint density at radius 1 is 1.12 bits per heavy atom. The Balaban J connectivity index is 1.83. The molecule has 1 aromatic rings. The number of carbonyl (C=O) groups excluding carboxylic acids is 1. The average Bonchev–Trinajstić information content (AvgIpc) is 2.59. The average molecular weight is 361 g/mol. The van der Waals surface area contributed by atoms with Crippen molar-refractivity contribution < 1.29 is 32.2 Å². The predicted molar refractivity (Wildman–Crippen MR) is 85.0 cm³/mol. The van der Waals surface area contributed by atoms with E-state index in [2.05, 4.69) is 0 Å². The van der Waals surface area contributed by atoms with Gasteiger partial charge in [-0.25, -0.2) is 4.79 Å². The van der Waals surface area contributed by atoms with Gasteiger partial charge in [-0.2, -0.15) is 13.2 Å². The zero-order valence-corrected chi connectivity index (χ0v) is 14.3. The van der Waals surface area contributed by atoms with E-state index in [-0.39, 0.29) is 12.5 Å². The number of piperidine rings is 1. The number of benzene rings is 1. The van der Waals surface area contributed by atoms with Gasteiger partial charge in [0.15, 0.2) is 0 Å². The van der Waals surface area contributed by atoms with Gasteiger partial charge in [0.25, 0.3) is 0 Å². The number of methoxy groups -OCH3 is 2. The van der Waals surface area contributed by atoms with Gasteiger partial charge in [-0.3, -0.25) is 4.90 Å². The molecule has 1 fully saturated rings. The summed E-state index contributed by atoms with van der Waals surface area (Å²) in [6.07, 6.45) is -3.03. The summed E-state index contributed by atoms with van der Waals surface area (Å²) in [5, 5.41) is 0. The highest BCUT2D eigenvalue weighted by molar-refractivity contribution is 5.90. The molecule has 0 aromatic heterocycles. The molecule has 5 nitrogen and oxygen atoms in total. The molecule has 0 saturated carbocycles. The molecule has 0 atom stereocenters. The van der Waals surface area contributed by atoms with Crippen molar-refractivity contribution in [3.8, 4) is 11.5 Å². The van der Waals surface area contributed by atoms with E-state index in [1.165, 1.54) is 19.1 Å². The highest BCUT2D eigenvalue weighted by atomic mass is 19.4. The first kappa shape index (κ1) is 19.4. The van der Waals surface area contributed by atoms with E-state index in [9.17, 15) is 18.0 Å². The van der Waals surface area contributed by atoms with Crippen LogP contribution in [0.1, 0.15) is 23.2 Å². The highest BCUT2D eigenvalue weighted by Gasteiger charge is 2.32. The molecule has 0 amide bonds. The van der Waals surface area contributed by atoms with Crippen LogP contribution in [0.25, 0.3) is 0 Å². The zero-order chi connectivity index (χ0) is 18.4. The Morgan fingerprint density at radius 3 is 2.16 bits per heavy atom. The second kappa shape index (κ2) is 8.42. The van der Waals surface area contributed by atoms with Crippen LogP contribution in [-0.2, 0) is 4.74 Å². The predicted octanol–water partition coefficient (Wildman–Crippen LogP) is 3.13. The number of carbonyl (C=O) groups is 1. The number of esters is 1. The number of hydrogen-bond donors (Lipinski definition) is 0. The van der Waals surface area contributed by atoms with Gasteiger partial charge in [-0.1, -0.05) is 0 Å². The third kappa shape index (κ3) is 6.12. The molecule has 0 N–H and O–H groups in total. The number of hydrogen-bond acceptors (Lipinski definition) is 5.